The lowest BCUT2D eigenvalue weighted by atomic mass is 10.0. The number of hydrogen-bond donors (Lipinski definition) is 2. The van der Waals surface area contributed by atoms with E-state index in [1.54, 1.807) is 26.0 Å². The zero-order valence-electron chi connectivity index (χ0n) is 20.5. The fourth-order valence-corrected chi connectivity index (χ4v) is 4.51. The number of rotatable bonds is 6. The summed E-state index contributed by atoms with van der Waals surface area (Å²) in [5, 5.41) is 19.3. The fourth-order valence-electron chi connectivity index (χ4n) is 4.51. The van der Waals surface area contributed by atoms with Gasteiger partial charge in [-0.3, -0.25) is 9.30 Å². The smallest absolute Gasteiger partial charge is 0.187 e. The highest BCUT2D eigenvalue weighted by Crippen LogP contribution is 2.30. The van der Waals surface area contributed by atoms with Gasteiger partial charge in [-0.2, -0.15) is 0 Å². The van der Waals surface area contributed by atoms with E-state index in [-0.39, 0.29) is 23.9 Å². The summed E-state index contributed by atoms with van der Waals surface area (Å²) in [6.45, 7) is 9.26. The third-order valence-electron chi connectivity index (χ3n) is 6.54. The first-order valence-electron chi connectivity index (χ1n) is 11.8. The Labute approximate surface area is 203 Å². The van der Waals surface area contributed by atoms with Crippen LogP contribution in [0, 0.1) is 5.82 Å². The summed E-state index contributed by atoms with van der Waals surface area (Å²) in [7, 11) is 0. The number of pyridine rings is 2. The zero-order valence-corrected chi connectivity index (χ0v) is 20.5. The SMILES string of the molecule is C[C@H](c1ccc2nnc(-c3ccc4cc(F)c(OCC(C)(C)O)cc4n3)n2c1)N1CC[C@](C)(N)C1. The second-order valence-electron chi connectivity index (χ2n) is 10.5. The van der Waals surface area contributed by atoms with Crippen LogP contribution in [-0.2, 0) is 0 Å². The van der Waals surface area contributed by atoms with E-state index in [9.17, 15) is 9.50 Å². The molecule has 1 saturated heterocycles. The number of aromatic nitrogens is 4. The number of aliphatic hydroxyl groups is 1. The van der Waals surface area contributed by atoms with Crippen LogP contribution in [0.25, 0.3) is 28.1 Å². The molecule has 0 bridgehead atoms. The molecule has 1 aliphatic rings. The van der Waals surface area contributed by atoms with Gasteiger partial charge >= 0.3 is 0 Å². The summed E-state index contributed by atoms with van der Waals surface area (Å²) in [5.41, 5.74) is 8.14. The van der Waals surface area contributed by atoms with E-state index in [4.69, 9.17) is 15.5 Å². The highest BCUT2D eigenvalue weighted by atomic mass is 19.1. The molecule has 0 aliphatic carbocycles. The van der Waals surface area contributed by atoms with Gasteiger partial charge in [-0.1, -0.05) is 12.1 Å². The maximum Gasteiger partial charge on any atom is 0.187 e. The van der Waals surface area contributed by atoms with Gasteiger partial charge < -0.3 is 15.6 Å². The average molecular weight is 479 g/mol. The average Bonchev–Trinajstić information content (AvgIpc) is 3.38. The number of halogens is 1. The van der Waals surface area contributed by atoms with Crippen LogP contribution < -0.4 is 10.5 Å². The third-order valence-corrected chi connectivity index (χ3v) is 6.54. The van der Waals surface area contributed by atoms with Crippen molar-refractivity contribution in [2.75, 3.05) is 19.7 Å². The maximum atomic E-state index is 14.5. The lowest BCUT2D eigenvalue weighted by Gasteiger charge is -2.26. The molecule has 0 saturated carbocycles. The van der Waals surface area contributed by atoms with Crippen molar-refractivity contribution < 1.29 is 14.2 Å². The Morgan fingerprint density at radius 3 is 2.74 bits per heavy atom. The number of nitrogens with zero attached hydrogens (tertiary/aromatic N) is 5. The van der Waals surface area contributed by atoms with Gasteiger partial charge in [0.25, 0.3) is 0 Å². The topological polar surface area (TPSA) is 102 Å². The molecule has 8 nitrogen and oxygen atoms in total. The molecular formula is C26H31FN6O2. The summed E-state index contributed by atoms with van der Waals surface area (Å²) in [6, 6.07) is 10.8. The van der Waals surface area contributed by atoms with Crippen LogP contribution in [0.4, 0.5) is 4.39 Å². The highest BCUT2D eigenvalue weighted by Gasteiger charge is 2.32. The first-order chi connectivity index (χ1) is 16.5. The summed E-state index contributed by atoms with van der Waals surface area (Å²) >= 11 is 0. The first-order valence-corrected chi connectivity index (χ1v) is 11.8. The Morgan fingerprint density at radius 1 is 1.23 bits per heavy atom. The standard InChI is InChI=1S/C26H31FN6O2/c1-16(32-10-9-26(4,28)14-32)18-6-8-23-30-31-24(33(23)13-18)20-7-5-17-11-19(27)22(12-21(17)29-20)35-15-25(2,3)34/h5-8,11-13,16,34H,9-10,14-15,28H2,1-4H3/t16-,26+/m1/s1. The van der Waals surface area contributed by atoms with Crippen molar-refractivity contribution in [3.05, 3.63) is 54.0 Å². The fraction of sp³-hybridized carbons (Fsp3) is 0.423. The van der Waals surface area contributed by atoms with Gasteiger partial charge in [0.2, 0.25) is 0 Å². The van der Waals surface area contributed by atoms with Gasteiger partial charge in [0.05, 0.1) is 11.1 Å². The van der Waals surface area contributed by atoms with Crippen LogP contribution in [0.15, 0.2) is 42.6 Å². The van der Waals surface area contributed by atoms with Crippen molar-refractivity contribution in [1.29, 1.82) is 0 Å². The van der Waals surface area contributed by atoms with Crippen LogP contribution >= 0.6 is 0 Å². The first kappa shape index (κ1) is 23.6. The maximum absolute atomic E-state index is 14.5. The van der Waals surface area contributed by atoms with E-state index >= 15 is 0 Å². The highest BCUT2D eigenvalue weighted by molar-refractivity contribution is 5.82. The Balaban J connectivity index is 1.49. The number of benzene rings is 1. The molecule has 0 spiro atoms. The van der Waals surface area contributed by atoms with Crippen LogP contribution in [0.1, 0.15) is 45.7 Å². The predicted molar refractivity (Wildman–Crippen MR) is 133 cm³/mol. The normalized spacial score (nSPS) is 20.1. The van der Waals surface area contributed by atoms with E-state index in [2.05, 4.69) is 41.2 Å². The van der Waals surface area contributed by atoms with Crippen molar-refractivity contribution in [3.8, 4) is 17.3 Å². The molecule has 1 aliphatic heterocycles. The van der Waals surface area contributed by atoms with Gasteiger partial charge in [0.1, 0.15) is 12.3 Å². The summed E-state index contributed by atoms with van der Waals surface area (Å²) in [5.74, 6) is 0.145. The van der Waals surface area contributed by atoms with Gasteiger partial charge in [-0.05, 0) is 57.9 Å². The van der Waals surface area contributed by atoms with E-state index in [1.807, 2.05) is 16.5 Å². The third kappa shape index (κ3) is 4.84. The minimum absolute atomic E-state index is 0.0365. The predicted octanol–water partition coefficient (Wildman–Crippen LogP) is 3.72. The van der Waals surface area contributed by atoms with Gasteiger partial charge in [-0.15, -0.1) is 10.2 Å². The Bertz CT molecular complexity index is 1390. The molecule has 1 fully saturated rings. The van der Waals surface area contributed by atoms with Crippen molar-refractivity contribution in [2.45, 2.75) is 51.3 Å². The molecule has 2 atom stereocenters. The lowest BCUT2D eigenvalue weighted by molar-refractivity contribution is 0.0272. The second kappa shape index (κ2) is 8.51. The summed E-state index contributed by atoms with van der Waals surface area (Å²) in [6.07, 6.45) is 3.02. The molecule has 9 heteroatoms. The van der Waals surface area contributed by atoms with E-state index in [0.717, 1.165) is 30.7 Å². The van der Waals surface area contributed by atoms with Crippen molar-refractivity contribution >= 4 is 16.6 Å². The molecule has 3 N–H and O–H groups in total. The van der Waals surface area contributed by atoms with Gasteiger partial charge in [-0.25, -0.2) is 9.37 Å². The molecule has 0 unspecified atom stereocenters. The minimum atomic E-state index is -1.08. The lowest BCUT2D eigenvalue weighted by Crippen LogP contribution is -2.39. The molecule has 1 aromatic carbocycles. The van der Waals surface area contributed by atoms with E-state index < -0.39 is 11.4 Å². The number of ether oxygens (including phenoxy) is 1. The second-order valence-corrected chi connectivity index (χ2v) is 10.5. The molecule has 0 radical (unpaired) electrons. The molecule has 0 amide bonds. The number of hydrogen-bond acceptors (Lipinski definition) is 7. The van der Waals surface area contributed by atoms with Crippen molar-refractivity contribution in [2.24, 2.45) is 5.73 Å². The molecule has 4 aromatic rings. The van der Waals surface area contributed by atoms with Crippen molar-refractivity contribution in [1.82, 2.24) is 24.5 Å². The quantitative estimate of drug-likeness (QED) is 0.435. The zero-order chi connectivity index (χ0) is 25.0. The minimum Gasteiger partial charge on any atom is -0.487 e. The van der Waals surface area contributed by atoms with Crippen molar-refractivity contribution in [3.63, 3.8) is 0 Å². The number of likely N-dealkylation sites (tertiary alicyclic amines) is 1. The van der Waals surface area contributed by atoms with Gasteiger partial charge in [0.15, 0.2) is 23.0 Å². The number of fused-ring (bicyclic) bond motifs is 2. The molecule has 4 heterocycles. The van der Waals surface area contributed by atoms with Crippen LogP contribution in [0.2, 0.25) is 0 Å². The van der Waals surface area contributed by atoms with Crippen LogP contribution in [0.5, 0.6) is 5.75 Å². The van der Waals surface area contributed by atoms with Crippen LogP contribution in [0.3, 0.4) is 0 Å². The molecule has 5 rings (SSSR count). The van der Waals surface area contributed by atoms with E-state index in [1.165, 1.54) is 6.07 Å². The van der Waals surface area contributed by atoms with Crippen LogP contribution in [-0.4, -0.2) is 60.4 Å². The Morgan fingerprint density at radius 2 is 2.03 bits per heavy atom. The molecule has 3 aromatic heterocycles. The summed E-state index contributed by atoms with van der Waals surface area (Å²) in [4.78, 5) is 7.12. The van der Waals surface area contributed by atoms with E-state index in [0.29, 0.717) is 22.4 Å². The molecule has 35 heavy (non-hydrogen) atoms. The summed E-state index contributed by atoms with van der Waals surface area (Å²) < 4.78 is 21.9. The Kier molecular flexibility index (Phi) is 5.74. The number of nitrogens with two attached hydrogens (primary N) is 1. The molecular weight excluding hydrogens is 447 g/mol. The van der Waals surface area contributed by atoms with Gasteiger partial charge in [0, 0.05) is 42.3 Å². The Hall–Kier alpha value is -3.14. The monoisotopic (exact) mass is 478 g/mol. The molecule has 184 valence electrons. The largest absolute Gasteiger partial charge is 0.487 e.